The van der Waals surface area contributed by atoms with E-state index in [0.29, 0.717) is 18.7 Å². The Bertz CT molecular complexity index is 498. The van der Waals surface area contributed by atoms with Gasteiger partial charge in [-0.05, 0) is 24.3 Å². The van der Waals surface area contributed by atoms with E-state index in [1.807, 2.05) is 13.8 Å². The number of amides is 2. The van der Waals surface area contributed by atoms with E-state index in [1.54, 1.807) is 24.3 Å². The first-order valence-corrected chi connectivity index (χ1v) is 7.66. The number of hydrogen-bond acceptors (Lipinski definition) is 3. The van der Waals surface area contributed by atoms with Crippen molar-refractivity contribution in [3.8, 4) is 0 Å². The number of hydrogen-bond donors (Lipinski definition) is 2. The second-order valence-electron chi connectivity index (χ2n) is 4.61. The summed E-state index contributed by atoms with van der Waals surface area (Å²) in [7, 11) is -1.05. The highest BCUT2D eigenvalue weighted by Gasteiger charge is 2.10. The lowest BCUT2D eigenvalue weighted by molar-refractivity contribution is -0.118. The fourth-order valence-electron chi connectivity index (χ4n) is 1.53. The van der Waals surface area contributed by atoms with Crippen molar-refractivity contribution in [3.05, 3.63) is 29.8 Å². The van der Waals surface area contributed by atoms with Gasteiger partial charge in [-0.1, -0.05) is 13.8 Å². The van der Waals surface area contributed by atoms with Crippen LogP contribution in [-0.4, -0.2) is 34.4 Å². The molecule has 110 valence electrons. The Kier molecular flexibility index (Phi) is 6.38. The highest BCUT2D eigenvalue weighted by molar-refractivity contribution is 7.85. The molecule has 2 amide bonds. The molecule has 2 N–H and O–H groups in total. The zero-order valence-corrected chi connectivity index (χ0v) is 12.8. The van der Waals surface area contributed by atoms with Crippen LogP contribution in [0.4, 0.5) is 0 Å². The summed E-state index contributed by atoms with van der Waals surface area (Å²) in [5.41, 5.74) is 0.511. The van der Waals surface area contributed by atoms with E-state index >= 15 is 0 Å². The van der Waals surface area contributed by atoms with Crippen molar-refractivity contribution < 1.29 is 13.8 Å². The van der Waals surface area contributed by atoms with Gasteiger partial charge in [-0.2, -0.15) is 0 Å². The molecule has 6 heteroatoms. The van der Waals surface area contributed by atoms with Gasteiger partial charge >= 0.3 is 0 Å². The van der Waals surface area contributed by atoms with Crippen molar-refractivity contribution in [2.24, 2.45) is 0 Å². The lowest BCUT2D eigenvalue weighted by Gasteiger charge is -2.08. The van der Waals surface area contributed by atoms with E-state index < -0.39 is 10.8 Å². The number of rotatable bonds is 6. The van der Waals surface area contributed by atoms with Crippen molar-refractivity contribution in [3.63, 3.8) is 0 Å². The van der Waals surface area contributed by atoms with E-state index in [-0.39, 0.29) is 17.1 Å². The van der Waals surface area contributed by atoms with Gasteiger partial charge in [-0.15, -0.1) is 0 Å². The summed E-state index contributed by atoms with van der Waals surface area (Å²) in [5.74, 6) is -0.336. The van der Waals surface area contributed by atoms with E-state index in [1.165, 1.54) is 6.92 Å². The van der Waals surface area contributed by atoms with Gasteiger partial charge in [-0.25, -0.2) is 0 Å². The average Bonchev–Trinajstić information content (AvgIpc) is 2.42. The quantitative estimate of drug-likeness (QED) is 0.771. The van der Waals surface area contributed by atoms with Gasteiger partial charge in [-0.3, -0.25) is 13.8 Å². The molecule has 0 bridgehead atoms. The molecule has 0 saturated heterocycles. The van der Waals surface area contributed by atoms with Crippen molar-refractivity contribution in [1.82, 2.24) is 10.6 Å². The van der Waals surface area contributed by atoms with Crippen LogP contribution in [0, 0.1) is 0 Å². The Morgan fingerprint density at radius 1 is 1.10 bits per heavy atom. The third-order valence-corrected chi connectivity index (χ3v) is 4.15. The number of benzene rings is 1. The van der Waals surface area contributed by atoms with Crippen LogP contribution >= 0.6 is 0 Å². The molecule has 1 aromatic rings. The van der Waals surface area contributed by atoms with Crippen LogP contribution in [0.25, 0.3) is 0 Å². The van der Waals surface area contributed by atoms with E-state index in [9.17, 15) is 13.8 Å². The average molecular weight is 296 g/mol. The monoisotopic (exact) mass is 296 g/mol. The minimum absolute atomic E-state index is 0.0485. The fourth-order valence-corrected chi connectivity index (χ4v) is 2.48. The minimum atomic E-state index is -1.05. The summed E-state index contributed by atoms with van der Waals surface area (Å²) in [5, 5.41) is 5.34. The highest BCUT2D eigenvalue weighted by atomic mass is 32.2. The number of nitrogens with one attached hydrogen (secondary N) is 2. The fraction of sp³-hybridized carbons (Fsp3) is 0.429. The Labute approximate surface area is 121 Å². The topological polar surface area (TPSA) is 75.3 Å². The molecule has 1 rings (SSSR count). The van der Waals surface area contributed by atoms with Crippen molar-refractivity contribution >= 4 is 22.6 Å². The van der Waals surface area contributed by atoms with Crippen LogP contribution in [0.15, 0.2) is 29.2 Å². The van der Waals surface area contributed by atoms with Gasteiger partial charge in [0.25, 0.3) is 5.91 Å². The molecular weight excluding hydrogens is 276 g/mol. The smallest absolute Gasteiger partial charge is 0.251 e. The molecule has 0 heterocycles. The maximum absolute atomic E-state index is 11.9. The molecule has 1 aromatic carbocycles. The second-order valence-corrected chi connectivity index (χ2v) is 6.62. The first-order valence-electron chi connectivity index (χ1n) is 6.45. The highest BCUT2D eigenvalue weighted by Crippen LogP contribution is 2.12. The molecule has 20 heavy (non-hydrogen) atoms. The van der Waals surface area contributed by atoms with Gasteiger partial charge in [0.2, 0.25) is 5.91 Å². The molecular formula is C14H20N2O3S. The number of carbonyl (C=O) groups excluding carboxylic acids is 2. The lowest BCUT2D eigenvalue weighted by Crippen LogP contribution is -2.33. The standard InChI is InChI=1S/C14H20N2O3S/c1-10(2)20(19)13-6-4-12(5-7-13)14(18)16-9-8-15-11(3)17/h4-7,10H,8-9H2,1-3H3,(H,15,17)(H,16,18). The molecule has 0 aromatic heterocycles. The molecule has 0 radical (unpaired) electrons. The van der Waals surface area contributed by atoms with Crippen LogP contribution in [0.2, 0.25) is 0 Å². The van der Waals surface area contributed by atoms with E-state index in [0.717, 1.165) is 4.90 Å². The minimum Gasteiger partial charge on any atom is -0.355 e. The zero-order valence-electron chi connectivity index (χ0n) is 11.9. The third-order valence-electron chi connectivity index (χ3n) is 2.56. The molecule has 1 unspecified atom stereocenters. The SMILES string of the molecule is CC(=O)NCCNC(=O)c1ccc(S(=O)C(C)C)cc1. The first kappa shape index (κ1) is 16.4. The maximum Gasteiger partial charge on any atom is 0.251 e. The van der Waals surface area contributed by atoms with Crippen molar-refractivity contribution in [2.75, 3.05) is 13.1 Å². The maximum atomic E-state index is 11.9. The lowest BCUT2D eigenvalue weighted by atomic mass is 10.2. The van der Waals surface area contributed by atoms with Gasteiger partial charge in [0.05, 0.1) is 10.8 Å². The van der Waals surface area contributed by atoms with E-state index in [4.69, 9.17) is 0 Å². The third kappa shape index (κ3) is 5.13. The second kappa shape index (κ2) is 7.79. The first-order chi connectivity index (χ1) is 9.41. The number of carbonyl (C=O) groups is 2. The molecule has 0 fully saturated rings. The predicted octanol–water partition coefficient (Wildman–Crippen LogP) is 1.07. The molecule has 1 atom stereocenters. The molecule has 0 aliphatic rings. The largest absolute Gasteiger partial charge is 0.355 e. The van der Waals surface area contributed by atoms with Gasteiger partial charge in [0, 0.05) is 35.7 Å². The van der Waals surface area contributed by atoms with Crippen LogP contribution in [-0.2, 0) is 15.6 Å². The van der Waals surface area contributed by atoms with Crippen LogP contribution in [0.5, 0.6) is 0 Å². The summed E-state index contributed by atoms with van der Waals surface area (Å²) in [4.78, 5) is 23.2. The predicted molar refractivity (Wildman–Crippen MR) is 79.0 cm³/mol. The summed E-state index contributed by atoms with van der Waals surface area (Å²) < 4.78 is 11.9. The normalized spacial score (nSPS) is 12.0. The Hall–Kier alpha value is -1.69. The Morgan fingerprint density at radius 3 is 2.15 bits per heavy atom. The van der Waals surface area contributed by atoms with Crippen molar-refractivity contribution in [2.45, 2.75) is 30.9 Å². The van der Waals surface area contributed by atoms with E-state index in [2.05, 4.69) is 10.6 Å². The molecule has 5 nitrogen and oxygen atoms in total. The molecule has 0 saturated carbocycles. The summed E-state index contributed by atoms with van der Waals surface area (Å²) >= 11 is 0. The summed E-state index contributed by atoms with van der Waals surface area (Å²) in [6.07, 6.45) is 0. The Balaban J connectivity index is 2.53. The molecule has 0 spiro atoms. The molecule has 0 aliphatic carbocycles. The summed E-state index contributed by atoms with van der Waals surface area (Å²) in [6, 6.07) is 6.73. The van der Waals surface area contributed by atoms with Crippen molar-refractivity contribution in [1.29, 1.82) is 0 Å². The van der Waals surface area contributed by atoms with Gasteiger partial charge in [0.1, 0.15) is 0 Å². The van der Waals surface area contributed by atoms with Crippen LogP contribution in [0.3, 0.4) is 0 Å². The molecule has 0 aliphatic heterocycles. The van der Waals surface area contributed by atoms with Gasteiger partial charge < -0.3 is 10.6 Å². The van der Waals surface area contributed by atoms with Crippen LogP contribution < -0.4 is 10.6 Å². The van der Waals surface area contributed by atoms with Crippen LogP contribution in [0.1, 0.15) is 31.1 Å². The Morgan fingerprint density at radius 2 is 1.65 bits per heavy atom. The zero-order chi connectivity index (χ0) is 15.1. The summed E-state index contributed by atoms with van der Waals surface area (Å²) in [6.45, 7) is 5.97. The van der Waals surface area contributed by atoms with Gasteiger partial charge in [0.15, 0.2) is 0 Å².